The second kappa shape index (κ2) is 6.73. The molecule has 0 unspecified atom stereocenters. The summed E-state index contributed by atoms with van der Waals surface area (Å²) in [5.74, 6) is -0.943. The van der Waals surface area contributed by atoms with E-state index in [0.717, 1.165) is 25.7 Å². The molecule has 1 N–H and O–H groups in total. The third-order valence-corrected chi connectivity index (χ3v) is 4.42. The van der Waals surface area contributed by atoms with Gasteiger partial charge in [0.05, 0.1) is 6.61 Å². The van der Waals surface area contributed by atoms with Crippen molar-refractivity contribution < 1.29 is 13.5 Å². The molecule has 1 aromatic carbocycles. The van der Waals surface area contributed by atoms with E-state index in [9.17, 15) is 8.78 Å². The minimum Gasteiger partial charge on any atom is -0.487 e. The van der Waals surface area contributed by atoms with Crippen LogP contribution in [-0.2, 0) is 6.54 Å². The monoisotopic (exact) mass is 295 g/mol. The molecule has 1 aromatic rings. The van der Waals surface area contributed by atoms with E-state index in [0.29, 0.717) is 30.7 Å². The topological polar surface area (TPSA) is 21.3 Å². The Morgan fingerprint density at radius 1 is 1.00 bits per heavy atom. The van der Waals surface area contributed by atoms with Crippen LogP contribution in [0.4, 0.5) is 8.78 Å². The van der Waals surface area contributed by atoms with Gasteiger partial charge in [-0.1, -0.05) is 19.3 Å². The van der Waals surface area contributed by atoms with E-state index >= 15 is 0 Å². The summed E-state index contributed by atoms with van der Waals surface area (Å²) < 4.78 is 33.5. The van der Waals surface area contributed by atoms with Crippen molar-refractivity contribution in [1.82, 2.24) is 5.32 Å². The Kier molecular flexibility index (Phi) is 4.73. The van der Waals surface area contributed by atoms with Crippen LogP contribution in [0.3, 0.4) is 0 Å². The molecule has 2 saturated carbocycles. The van der Waals surface area contributed by atoms with Gasteiger partial charge in [0.25, 0.3) is 0 Å². The summed E-state index contributed by atoms with van der Waals surface area (Å²) in [6.07, 6.45) is 8.19. The van der Waals surface area contributed by atoms with Crippen molar-refractivity contribution in [2.45, 2.75) is 57.5 Å². The van der Waals surface area contributed by atoms with Crippen LogP contribution >= 0.6 is 0 Å². The number of rotatable bonds is 6. The van der Waals surface area contributed by atoms with Crippen LogP contribution in [0.5, 0.6) is 5.75 Å². The summed E-state index contributed by atoms with van der Waals surface area (Å²) >= 11 is 0. The fourth-order valence-corrected chi connectivity index (χ4v) is 2.96. The van der Waals surface area contributed by atoms with Crippen molar-refractivity contribution in [3.63, 3.8) is 0 Å². The Morgan fingerprint density at radius 2 is 1.67 bits per heavy atom. The number of hydrogen-bond donors (Lipinski definition) is 1. The zero-order valence-corrected chi connectivity index (χ0v) is 12.3. The normalized spacial score (nSPS) is 19.7. The fourth-order valence-electron chi connectivity index (χ4n) is 2.96. The third-order valence-electron chi connectivity index (χ3n) is 4.42. The number of benzene rings is 1. The highest BCUT2D eigenvalue weighted by Gasteiger charge is 2.21. The van der Waals surface area contributed by atoms with Crippen molar-refractivity contribution in [1.29, 1.82) is 0 Å². The Labute approximate surface area is 124 Å². The van der Waals surface area contributed by atoms with Crippen LogP contribution in [0.15, 0.2) is 12.1 Å². The van der Waals surface area contributed by atoms with Gasteiger partial charge < -0.3 is 10.1 Å². The summed E-state index contributed by atoms with van der Waals surface area (Å²) in [6.45, 7) is 0.939. The van der Waals surface area contributed by atoms with Gasteiger partial charge in [0.1, 0.15) is 0 Å². The molecular weight excluding hydrogens is 272 g/mol. The van der Waals surface area contributed by atoms with Gasteiger partial charge in [-0.2, -0.15) is 0 Å². The summed E-state index contributed by atoms with van der Waals surface area (Å²) in [6, 6.07) is 3.29. The first-order chi connectivity index (χ1) is 10.2. The van der Waals surface area contributed by atoms with Crippen LogP contribution in [0.1, 0.15) is 50.5 Å². The highest BCUT2D eigenvalue weighted by Crippen LogP contribution is 2.28. The molecule has 0 atom stereocenters. The molecule has 21 heavy (non-hydrogen) atoms. The first kappa shape index (κ1) is 14.8. The van der Waals surface area contributed by atoms with Crippen molar-refractivity contribution in [2.24, 2.45) is 5.92 Å². The predicted octanol–water partition coefficient (Wildman–Crippen LogP) is 4.18. The summed E-state index contributed by atoms with van der Waals surface area (Å²) in [7, 11) is 0. The van der Waals surface area contributed by atoms with Gasteiger partial charge in [-0.25, -0.2) is 8.78 Å². The lowest BCUT2D eigenvalue weighted by atomic mass is 9.90. The first-order valence-corrected chi connectivity index (χ1v) is 8.06. The lowest BCUT2D eigenvalue weighted by Crippen LogP contribution is -2.17. The van der Waals surface area contributed by atoms with Crippen molar-refractivity contribution in [3.8, 4) is 5.75 Å². The van der Waals surface area contributed by atoms with Gasteiger partial charge >= 0.3 is 0 Å². The first-order valence-electron chi connectivity index (χ1n) is 8.06. The molecule has 2 aliphatic rings. The van der Waals surface area contributed by atoms with E-state index in [2.05, 4.69) is 5.32 Å². The molecule has 0 bridgehead atoms. The summed E-state index contributed by atoms with van der Waals surface area (Å²) in [5.41, 5.74) is 0.641. The number of halogens is 2. The maximum Gasteiger partial charge on any atom is 0.190 e. The fraction of sp³-hybridized carbons (Fsp3) is 0.647. The lowest BCUT2D eigenvalue weighted by Gasteiger charge is -2.22. The standard InChI is InChI=1S/C17H23F2NO/c18-15-8-13(10-20-14-6-7-14)9-16(19)17(15)21-11-12-4-2-1-3-5-12/h8-9,12,14,20H,1-7,10-11H2. The average Bonchev–Trinajstić information content (AvgIpc) is 3.29. The van der Waals surface area contributed by atoms with Gasteiger partial charge in [0.2, 0.25) is 0 Å². The predicted molar refractivity (Wildman–Crippen MR) is 78.3 cm³/mol. The molecule has 0 spiro atoms. The number of nitrogens with one attached hydrogen (secondary N) is 1. The molecule has 0 amide bonds. The van der Waals surface area contributed by atoms with E-state index in [-0.39, 0.29) is 5.75 Å². The number of ether oxygens (including phenoxy) is 1. The van der Waals surface area contributed by atoms with Gasteiger partial charge in [0.15, 0.2) is 17.4 Å². The molecule has 0 aromatic heterocycles. The van der Waals surface area contributed by atoms with Crippen LogP contribution in [0.2, 0.25) is 0 Å². The van der Waals surface area contributed by atoms with Gasteiger partial charge in [0, 0.05) is 12.6 Å². The van der Waals surface area contributed by atoms with Gasteiger partial charge in [-0.05, 0) is 49.3 Å². The van der Waals surface area contributed by atoms with Crippen molar-refractivity contribution in [2.75, 3.05) is 6.61 Å². The van der Waals surface area contributed by atoms with E-state index in [1.165, 1.54) is 31.4 Å². The minimum absolute atomic E-state index is 0.212. The summed E-state index contributed by atoms with van der Waals surface area (Å²) in [5, 5.41) is 3.26. The lowest BCUT2D eigenvalue weighted by molar-refractivity contribution is 0.195. The Morgan fingerprint density at radius 3 is 2.29 bits per heavy atom. The second-order valence-electron chi connectivity index (χ2n) is 6.36. The van der Waals surface area contributed by atoms with Gasteiger partial charge in [-0.15, -0.1) is 0 Å². The van der Waals surface area contributed by atoms with Crippen molar-refractivity contribution in [3.05, 3.63) is 29.3 Å². The van der Waals surface area contributed by atoms with E-state index < -0.39 is 11.6 Å². The van der Waals surface area contributed by atoms with Crippen LogP contribution in [0.25, 0.3) is 0 Å². The number of hydrogen-bond acceptors (Lipinski definition) is 2. The molecular formula is C17H23F2NO. The molecule has 2 aliphatic carbocycles. The van der Waals surface area contributed by atoms with Crippen LogP contribution in [-0.4, -0.2) is 12.6 Å². The smallest absolute Gasteiger partial charge is 0.190 e. The maximum atomic E-state index is 14.0. The molecule has 2 fully saturated rings. The minimum atomic E-state index is -0.585. The molecule has 0 radical (unpaired) electrons. The average molecular weight is 295 g/mol. The maximum absolute atomic E-state index is 14.0. The zero-order valence-electron chi connectivity index (χ0n) is 12.3. The van der Waals surface area contributed by atoms with E-state index in [1.54, 1.807) is 0 Å². The largest absolute Gasteiger partial charge is 0.487 e. The highest BCUT2D eigenvalue weighted by atomic mass is 19.1. The molecule has 3 rings (SSSR count). The van der Waals surface area contributed by atoms with E-state index in [4.69, 9.17) is 4.74 Å². The molecule has 0 heterocycles. The highest BCUT2D eigenvalue weighted by molar-refractivity contribution is 5.31. The van der Waals surface area contributed by atoms with Crippen LogP contribution < -0.4 is 10.1 Å². The molecule has 2 nitrogen and oxygen atoms in total. The summed E-state index contributed by atoms with van der Waals surface area (Å²) in [4.78, 5) is 0. The molecule has 0 aliphatic heterocycles. The Hall–Kier alpha value is -1.16. The quantitative estimate of drug-likeness (QED) is 0.850. The Balaban J connectivity index is 1.58. The van der Waals surface area contributed by atoms with Crippen molar-refractivity contribution >= 4 is 0 Å². The SMILES string of the molecule is Fc1cc(CNC2CC2)cc(F)c1OCC1CCCCC1. The Bertz CT molecular complexity index is 459. The molecule has 0 saturated heterocycles. The van der Waals surface area contributed by atoms with Gasteiger partial charge in [-0.3, -0.25) is 0 Å². The molecule has 4 heteroatoms. The van der Waals surface area contributed by atoms with Crippen LogP contribution in [0, 0.1) is 17.6 Å². The molecule has 116 valence electrons. The third kappa shape index (κ3) is 4.16. The second-order valence-corrected chi connectivity index (χ2v) is 6.36. The van der Waals surface area contributed by atoms with E-state index in [1.807, 2.05) is 0 Å². The zero-order chi connectivity index (χ0) is 14.7.